The molecule has 0 unspecified atom stereocenters. The molecule has 20 heavy (non-hydrogen) atoms. The van der Waals surface area contributed by atoms with Crippen molar-refractivity contribution in [3.05, 3.63) is 23.7 Å². The molecule has 6 nitrogen and oxygen atoms in total. The van der Waals surface area contributed by atoms with E-state index in [9.17, 15) is 4.79 Å². The largest absolute Gasteiger partial charge is 0.454 e. The van der Waals surface area contributed by atoms with Gasteiger partial charge in [0.25, 0.3) is 5.91 Å². The topological polar surface area (TPSA) is 92.6 Å². The van der Waals surface area contributed by atoms with Crippen molar-refractivity contribution in [2.75, 3.05) is 13.6 Å². The Morgan fingerprint density at radius 2 is 2.15 bits per heavy atom. The molecule has 0 aliphatic carbocycles. The second-order valence-electron chi connectivity index (χ2n) is 5.02. The highest BCUT2D eigenvalue weighted by molar-refractivity contribution is 5.89. The SMILES string of the molecule is CN=C(NCCCC(C)C)NCc1ccc(C(N)=O)o1. The van der Waals surface area contributed by atoms with E-state index in [1.165, 1.54) is 6.42 Å². The molecule has 0 bridgehead atoms. The first-order valence-electron chi connectivity index (χ1n) is 6.86. The van der Waals surface area contributed by atoms with Gasteiger partial charge < -0.3 is 20.8 Å². The van der Waals surface area contributed by atoms with Crippen LogP contribution in [-0.2, 0) is 6.54 Å². The van der Waals surface area contributed by atoms with Gasteiger partial charge in [0.2, 0.25) is 0 Å². The molecule has 112 valence electrons. The van der Waals surface area contributed by atoms with Crippen molar-refractivity contribution in [1.82, 2.24) is 10.6 Å². The highest BCUT2D eigenvalue weighted by atomic mass is 16.3. The molecule has 0 aliphatic heterocycles. The Morgan fingerprint density at radius 1 is 1.40 bits per heavy atom. The monoisotopic (exact) mass is 280 g/mol. The lowest BCUT2D eigenvalue weighted by Crippen LogP contribution is -2.37. The average Bonchev–Trinajstić information content (AvgIpc) is 2.86. The second kappa shape index (κ2) is 8.24. The molecule has 0 saturated carbocycles. The van der Waals surface area contributed by atoms with Crippen LogP contribution in [0.25, 0.3) is 0 Å². The molecule has 4 N–H and O–H groups in total. The van der Waals surface area contributed by atoms with Crippen molar-refractivity contribution < 1.29 is 9.21 Å². The summed E-state index contributed by atoms with van der Waals surface area (Å²) in [4.78, 5) is 15.0. The molecule has 1 aromatic heterocycles. The maximum absolute atomic E-state index is 10.9. The maximum atomic E-state index is 10.9. The van der Waals surface area contributed by atoms with Gasteiger partial charge in [-0.2, -0.15) is 0 Å². The van der Waals surface area contributed by atoms with Crippen LogP contribution in [0.1, 0.15) is 43.0 Å². The standard InChI is InChI=1S/C14H24N4O2/c1-10(2)5-4-8-17-14(16-3)18-9-11-6-7-12(20-11)13(15)19/h6-7,10H,4-5,8-9H2,1-3H3,(H2,15,19)(H2,16,17,18). The van der Waals surface area contributed by atoms with E-state index in [0.29, 0.717) is 24.2 Å². The van der Waals surface area contributed by atoms with Gasteiger partial charge in [-0.25, -0.2) is 0 Å². The van der Waals surface area contributed by atoms with Gasteiger partial charge in [0.15, 0.2) is 11.7 Å². The minimum atomic E-state index is -0.563. The molecule has 0 radical (unpaired) electrons. The summed E-state index contributed by atoms with van der Waals surface area (Å²) in [5, 5.41) is 6.35. The Hall–Kier alpha value is -1.98. The maximum Gasteiger partial charge on any atom is 0.284 e. The lowest BCUT2D eigenvalue weighted by Gasteiger charge is -2.11. The molecular weight excluding hydrogens is 256 g/mol. The molecule has 1 rings (SSSR count). The van der Waals surface area contributed by atoms with Crippen LogP contribution in [0.5, 0.6) is 0 Å². The summed E-state index contributed by atoms with van der Waals surface area (Å²) in [5.74, 6) is 1.67. The Bertz CT molecular complexity index is 452. The lowest BCUT2D eigenvalue weighted by molar-refractivity contribution is 0.0972. The molecule has 0 fully saturated rings. The van der Waals surface area contributed by atoms with E-state index in [-0.39, 0.29) is 5.76 Å². The van der Waals surface area contributed by atoms with E-state index < -0.39 is 5.91 Å². The zero-order chi connectivity index (χ0) is 15.0. The zero-order valence-corrected chi connectivity index (χ0v) is 12.4. The Balaban J connectivity index is 2.32. The fraction of sp³-hybridized carbons (Fsp3) is 0.571. The number of nitrogens with one attached hydrogen (secondary N) is 2. The first kappa shape index (κ1) is 16.1. The van der Waals surface area contributed by atoms with Crippen molar-refractivity contribution >= 4 is 11.9 Å². The average molecular weight is 280 g/mol. The molecule has 0 saturated heterocycles. The highest BCUT2D eigenvalue weighted by Crippen LogP contribution is 2.06. The van der Waals surface area contributed by atoms with Crippen LogP contribution < -0.4 is 16.4 Å². The summed E-state index contributed by atoms with van der Waals surface area (Å²) >= 11 is 0. The lowest BCUT2D eigenvalue weighted by atomic mass is 10.1. The van der Waals surface area contributed by atoms with Gasteiger partial charge in [-0.3, -0.25) is 9.79 Å². The third-order valence-corrected chi connectivity index (χ3v) is 2.81. The highest BCUT2D eigenvalue weighted by Gasteiger charge is 2.07. The van der Waals surface area contributed by atoms with Gasteiger partial charge in [0, 0.05) is 13.6 Å². The molecule has 0 spiro atoms. The number of rotatable bonds is 7. The van der Waals surface area contributed by atoms with Gasteiger partial charge in [0.05, 0.1) is 6.54 Å². The summed E-state index contributed by atoms with van der Waals surface area (Å²) in [6.45, 7) is 5.75. The second-order valence-corrected chi connectivity index (χ2v) is 5.02. The molecule has 0 aliphatic rings. The van der Waals surface area contributed by atoms with Gasteiger partial charge in [-0.15, -0.1) is 0 Å². The Labute approximate surface area is 119 Å². The van der Waals surface area contributed by atoms with E-state index in [0.717, 1.165) is 13.0 Å². The number of hydrogen-bond donors (Lipinski definition) is 3. The van der Waals surface area contributed by atoms with Crippen LogP contribution in [0.4, 0.5) is 0 Å². The van der Waals surface area contributed by atoms with Crippen LogP contribution in [-0.4, -0.2) is 25.5 Å². The van der Waals surface area contributed by atoms with Crippen LogP contribution in [0.3, 0.4) is 0 Å². The van der Waals surface area contributed by atoms with Gasteiger partial charge >= 0.3 is 0 Å². The predicted molar refractivity (Wildman–Crippen MR) is 79.5 cm³/mol. The van der Waals surface area contributed by atoms with Gasteiger partial charge in [0.1, 0.15) is 5.76 Å². The number of carbonyl (C=O) groups is 1. The van der Waals surface area contributed by atoms with Crippen molar-refractivity contribution in [3.63, 3.8) is 0 Å². The van der Waals surface area contributed by atoms with Crippen molar-refractivity contribution in [3.8, 4) is 0 Å². The van der Waals surface area contributed by atoms with Crippen LogP contribution in [0.2, 0.25) is 0 Å². The summed E-state index contributed by atoms with van der Waals surface area (Å²) in [6.07, 6.45) is 2.29. The van der Waals surface area contributed by atoms with E-state index in [4.69, 9.17) is 10.2 Å². The molecule has 1 aromatic rings. The number of amides is 1. The summed E-state index contributed by atoms with van der Waals surface area (Å²) in [5.41, 5.74) is 5.13. The summed E-state index contributed by atoms with van der Waals surface area (Å²) in [6, 6.07) is 3.29. The zero-order valence-electron chi connectivity index (χ0n) is 12.4. The first-order chi connectivity index (χ1) is 9.52. The third-order valence-electron chi connectivity index (χ3n) is 2.81. The normalized spacial score (nSPS) is 11.7. The number of nitrogens with two attached hydrogens (primary N) is 1. The predicted octanol–water partition coefficient (Wildman–Crippen LogP) is 1.48. The minimum absolute atomic E-state index is 0.168. The molecule has 1 amide bonds. The fourth-order valence-corrected chi connectivity index (χ4v) is 1.71. The first-order valence-corrected chi connectivity index (χ1v) is 6.86. The smallest absolute Gasteiger partial charge is 0.284 e. The number of primary amides is 1. The van der Waals surface area contributed by atoms with Crippen LogP contribution >= 0.6 is 0 Å². The summed E-state index contributed by atoms with van der Waals surface area (Å²) in [7, 11) is 1.72. The number of hydrogen-bond acceptors (Lipinski definition) is 3. The quantitative estimate of drug-likeness (QED) is 0.401. The van der Waals surface area contributed by atoms with Gasteiger partial charge in [-0.05, 0) is 30.9 Å². The molecular formula is C14H24N4O2. The molecule has 0 aromatic carbocycles. The van der Waals surface area contributed by atoms with E-state index in [2.05, 4.69) is 29.5 Å². The van der Waals surface area contributed by atoms with E-state index in [1.807, 2.05) is 0 Å². The van der Waals surface area contributed by atoms with Crippen molar-refractivity contribution in [1.29, 1.82) is 0 Å². The van der Waals surface area contributed by atoms with Crippen LogP contribution in [0.15, 0.2) is 21.5 Å². The third kappa shape index (κ3) is 5.77. The Kier molecular flexibility index (Phi) is 6.63. The van der Waals surface area contributed by atoms with Crippen molar-refractivity contribution in [2.24, 2.45) is 16.6 Å². The molecule has 6 heteroatoms. The Morgan fingerprint density at radius 3 is 2.70 bits per heavy atom. The summed E-state index contributed by atoms with van der Waals surface area (Å²) < 4.78 is 5.28. The number of furan rings is 1. The van der Waals surface area contributed by atoms with Crippen molar-refractivity contribution in [2.45, 2.75) is 33.2 Å². The molecule has 1 heterocycles. The van der Waals surface area contributed by atoms with Gasteiger partial charge in [-0.1, -0.05) is 13.8 Å². The van der Waals surface area contributed by atoms with E-state index in [1.54, 1.807) is 19.2 Å². The minimum Gasteiger partial charge on any atom is -0.454 e. The fourth-order valence-electron chi connectivity index (χ4n) is 1.71. The van der Waals surface area contributed by atoms with E-state index >= 15 is 0 Å². The number of guanidine groups is 1. The number of carbonyl (C=O) groups excluding carboxylic acids is 1. The van der Waals surface area contributed by atoms with Crippen LogP contribution in [0, 0.1) is 5.92 Å². The number of aliphatic imine (C=N–C) groups is 1. The molecule has 0 atom stereocenters. The number of nitrogens with zero attached hydrogens (tertiary/aromatic N) is 1.